The van der Waals surface area contributed by atoms with Gasteiger partial charge in [0.15, 0.2) is 0 Å². The highest BCUT2D eigenvalue weighted by Crippen LogP contribution is 2.28. The van der Waals surface area contributed by atoms with E-state index >= 15 is 0 Å². The fourth-order valence-electron chi connectivity index (χ4n) is 3.89. The number of nitrogens with zero attached hydrogens (tertiary/aromatic N) is 1. The minimum atomic E-state index is -0.990. The zero-order chi connectivity index (χ0) is 20.1. The molecule has 1 aliphatic rings. The van der Waals surface area contributed by atoms with Gasteiger partial charge in [-0.05, 0) is 68.1 Å². The number of rotatable bonds is 5. The zero-order valence-corrected chi connectivity index (χ0v) is 16.2. The van der Waals surface area contributed by atoms with E-state index in [0.717, 1.165) is 53.9 Å². The molecule has 0 saturated heterocycles. The van der Waals surface area contributed by atoms with Crippen molar-refractivity contribution in [3.63, 3.8) is 0 Å². The molecule has 0 aromatic heterocycles. The smallest absolute Gasteiger partial charge is 0.404 e. The van der Waals surface area contributed by atoms with Crippen LogP contribution in [-0.2, 0) is 0 Å². The predicted molar refractivity (Wildman–Crippen MR) is 111 cm³/mol. The van der Waals surface area contributed by atoms with Crippen LogP contribution in [0.25, 0.3) is 0 Å². The van der Waals surface area contributed by atoms with E-state index in [1.54, 1.807) is 6.07 Å². The SMILES string of the molecule is Cc1cc(C)cc(Nc2cc(N[C@@H]3CCCC[C@@H]3NC(=O)O)ccc2C#N)c1. The Bertz CT molecular complexity index is 884. The van der Waals surface area contributed by atoms with Crippen molar-refractivity contribution in [2.45, 2.75) is 51.6 Å². The Morgan fingerprint density at radius 2 is 1.71 bits per heavy atom. The van der Waals surface area contributed by atoms with Gasteiger partial charge in [-0.3, -0.25) is 0 Å². The topological polar surface area (TPSA) is 97.2 Å². The number of carbonyl (C=O) groups is 1. The van der Waals surface area contributed by atoms with Gasteiger partial charge in [0.05, 0.1) is 17.3 Å². The van der Waals surface area contributed by atoms with E-state index in [2.05, 4.69) is 28.1 Å². The lowest BCUT2D eigenvalue weighted by Gasteiger charge is -2.32. The zero-order valence-electron chi connectivity index (χ0n) is 16.2. The van der Waals surface area contributed by atoms with Gasteiger partial charge in [0.1, 0.15) is 6.07 Å². The molecule has 2 atom stereocenters. The lowest BCUT2D eigenvalue weighted by molar-refractivity contribution is 0.184. The van der Waals surface area contributed by atoms with Gasteiger partial charge in [-0.2, -0.15) is 5.26 Å². The summed E-state index contributed by atoms with van der Waals surface area (Å²) < 4.78 is 0. The summed E-state index contributed by atoms with van der Waals surface area (Å²) in [7, 11) is 0. The van der Waals surface area contributed by atoms with Crippen LogP contribution < -0.4 is 16.0 Å². The molecule has 3 rings (SSSR count). The number of nitriles is 1. The Morgan fingerprint density at radius 1 is 1.04 bits per heavy atom. The molecule has 1 amide bonds. The first kappa shape index (κ1) is 19.6. The third-order valence-electron chi connectivity index (χ3n) is 5.07. The Balaban J connectivity index is 1.82. The van der Waals surface area contributed by atoms with Gasteiger partial charge in [-0.1, -0.05) is 18.9 Å². The lowest BCUT2D eigenvalue weighted by Crippen LogP contribution is -2.48. The molecule has 1 saturated carbocycles. The average Bonchev–Trinajstić information content (AvgIpc) is 2.62. The maximum Gasteiger partial charge on any atom is 0.404 e. The largest absolute Gasteiger partial charge is 0.465 e. The quantitative estimate of drug-likeness (QED) is 0.593. The molecule has 1 fully saturated rings. The maximum atomic E-state index is 11.1. The molecule has 0 radical (unpaired) electrons. The molecular formula is C22H26N4O2. The molecule has 0 unspecified atom stereocenters. The summed E-state index contributed by atoms with van der Waals surface area (Å²) in [5.41, 5.74) is 5.41. The van der Waals surface area contributed by atoms with Crippen LogP contribution in [0.1, 0.15) is 42.4 Å². The Kier molecular flexibility index (Phi) is 6.05. The van der Waals surface area contributed by atoms with Crippen molar-refractivity contribution in [1.82, 2.24) is 5.32 Å². The van der Waals surface area contributed by atoms with Crippen LogP contribution in [0, 0.1) is 25.2 Å². The fraction of sp³-hybridized carbons (Fsp3) is 0.364. The molecule has 0 aliphatic heterocycles. The molecule has 4 N–H and O–H groups in total. The van der Waals surface area contributed by atoms with Crippen LogP contribution in [0.2, 0.25) is 0 Å². The van der Waals surface area contributed by atoms with Gasteiger partial charge in [-0.15, -0.1) is 0 Å². The summed E-state index contributed by atoms with van der Waals surface area (Å²) in [6.45, 7) is 4.08. The van der Waals surface area contributed by atoms with Crippen molar-refractivity contribution >= 4 is 23.2 Å². The third kappa shape index (κ3) is 4.95. The van der Waals surface area contributed by atoms with Gasteiger partial charge >= 0.3 is 6.09 Å². The molecule has 6 heteroatoms. The number of hydrogen-bond donors (Lipinski definition) is 4. The number of amides is 1. The molecule has 0 heterocycles. The number of anilines is 3. The van der Waals surface area contributed by atoms with E-state index in [0.29, 0.717) is 5.56 Å². The fourth-order valence-corrected chi connectivity index (χ4v) is 3.89. The van der Waals surface area contributed by atoms with Crippen molar-refractivity contribution < 1.29 is 9.90 Å². The number of hydrogen-bond acceptors (Lipinski definition) is 4. The third-order valence-corrected chi connectivity index (χ3v) is 5.07. The molecule has 28 heavy (non-hydrogen) atoms. The highest BCUT2D eigenvalue weighted by atomic mass is 16.4. The van der Waals surface area contributed by atoms with Crippen molar-refractivity contribution in [3.05, 3.63) is 53.1 Å². The van der Waals surface area contributed by atoms with Gasteiger partial charge < -0.3 is 21.1 Å². The summed E-state index contributed by atoms with van der Waals surface area (Å²) in [5, 5.41) is 28.0. The molecule has 2 aromatic rings. The van der Waals surface area contributed by atoms with E-state index in [1.165, 1.54) is 0 Å². The summed E-state index contributed by atoms with van der Waals surface area (Å²) in [5.74, 6) is 0. The van der Waals surface area contributed by atoms with E-state index in [1.807, 2.05) is 38.1 Å². The van der Waals surface area contributed by atoms with Crippen molar-refractivity contribution in [2.24, 2.45) is 0 Å². The summed E-state index contributed by atoms with van der Waals surface area (Å²) in [6, 6.07) is 13.9. The van der Waals surface area contributed by atoms with E-state index < -0.39 is 6.09 Å². The monoisotopic (exact) mass is 378 g/mol. The minimum absolute atomic E-state index is 0.0341. The number of carboxylic acid groups (broad SMARTS) is 1. The Morgan fingerprint density at radius 3 is 2.36 bits per heavy atom. The van der Waals surface area contributed by atoms with Crippen molar-refractivity contribution in [3.8, 4) is 6.07 Å². The normalized spacial score (nSPS) is 18.8. The molecule has 0 bridgehead atoms. The van der Waals surface area contributed by atoms with Gasteiger partial charge in [-0.25, -0.2) is 4.79 Å². The Labute approximate surface area is 165 Å². The van der Waals surface area contributed by atoms with Crippen LogP contribution in [0.15, 0.2) is 36.4 Å². The van der Waals surface area contributed by atoms with E-state index in [4.69, 9.17) is 5.11 Å². The molecule has 6 nitrogen and oxygen atoms in total. The summed E-state index contributed by atoms with van der Waals surface area (Å²) >= 11 is 0. The average molecular weight is 378 g/mol. The summed E-state index contributed by atoms with van der Waals surface area (Å²) in [4.78, 5) is 11.1. The van der Waals surface area contributed by atoms with Crippen molar-refractivity contribution in [2.75, 3.05) is 10.6 Å². The standard InChI is InChI=1S/C22H26N4O2/c1-14-9-15(2)11-18(10-14)25-21-12-17(8-7-16(21)13-23)24-19-5-3-4-6-20(19)26-22(27)28/h7-12,19-20,24-26H,3-6H2,1-2H3,(H,27,28)/t19-,20+/m1/s1. The van der Waals surface area contributed by atoms with Crippen LogP contribution in [0.4, 0.5) is 21.9 Å². The van der Waals surface area contributed by atoms with E-state index in [-0.39, 0.29) is 12.1 Å². The second kappa shape index (κ2) is 8.66. The molecule has 2 aromatic carbocycles. The first-order valence-corrected chi connectivity index (χ1v) is 9.60. The van der Waals surface area contributed by atoms with Gasteiger partial charge in [0.2, 0.25) is 0 Å². The summed E-state index contributed by atoms with van der Waals surface area (Å²) in [6.07, 6.45) is 2.84. The van der Waals surface area contributed by atoms with Crippen LogP contribution in [0.3, 0.4) is 0 Å². The predicted octanol–water partition coefficient (Wildman–Crippen LogP) is 4.91. The van der Waals surface area contributed by atoms with Crippen LogP contribution in [-0.4, -0.2) is 23.3 Å². The number of benzene rings is 2. The second-order valence-electron chi connectivity index (χ2n) is 7.46. The van der Waals surface area contributed by atoms with E-state index in [9.17, 15) is 10.1 Å². The molecule has 1 aliphatic carbocycles. The highest BCUT2D eigenvalue weighted by molar-refractivity contribution is 5.72. The van der Waals surface area contributed by atoms with Gasteiger partial charge in [0, 0.05) is 17.4 Å². The Hall–Kier alpha value is -3.20. The van der Waals surface area contributed by atoms with Crippen LogP contribution in [0.5, 0.6) is 0 Å². The van der Waals surface area contributed by atoms with Gasteiger partial charge in [0.25, 0.3) is 0 Å². The number of aryl methyl sites for hydroxylation is 2. The minimum Gasteiger partial charge on any atom is -0.465 e. The molecule has 0 spiro atoms. The molecule has 146 valence electrons. The maximum absolute atomic E-state index is 11.1. The first-order valence-electron chi connectivity index (χ1n) is 9.60. The van der Waals surface area contributed by atoms with Crippen LogP contribution >= 0.6 is 0 Å². The van der Waals surface area contributed by atoms with Crippen molar-refractivity contribution in [1.29, 1.82) is 5.26 Å². The second-order valence-corrected chi connectivity index (χ2v) is 7.46. The number of nitrogens with one attached hydrogen (secondary N) is 3. The first-order chi connectivity index (χ1) is 13.4. The lowest BCUT2D eigenvalue weighted by atomic mass is 9.90. The highest BCUT2D eigenvalue weighted by Gasteiger charge is 2.26. The molecular weight excluding hydrogens is 352 g/mol.